The molecule has 2 heterocycles. The minimum atomic E-state index is -0.998. The number of aliphatic carboxylic acids is 1. The summed E-state index contributed by atoms with van der Waals surface area (Å²) in [5.41, 5.74) is 2.36. The topological polar surface area (TPSA) is 76.1 Å². The van der Waals surface area contributed by atoms with Gasteiger partial charge in [0.2, 0.25) is 0 Å². The SMILES string of the molecule is O=C(O)[C@@H]1Cc2ccccc2CN1C(=O)c1ccc2c(c1)OCCCO2. The lowest BCUT2D eigenvalue weighted by molar-refractivity contribution is -0.142. The molecule has 2 aliphatic heterocycles. The lowest BCUT2D eigenvalue weighted by Gasteiger charge is -2.34. The second kappa shape index (κ2) is 6.71. The number of benzene rings is 2. The molecule has 0 bridgehead atoms. The fourth-order valence-corrected chi connectivity index (χ4v) is 3.42. The van der Waals surface area contributed by atoms with E-state index < -0.39 is 12.0 Å². The van der Waals surface area contributed by atoms with Crippen molar-refractivity contribution in [2.75, 3.05) is 13.2 Å². The predicted octanol–water partition coefficient (Wildman–Crippen LogP) is 2.50. The van der Waals surface area contributed by atoms with Gasteiger partial charge in [0.05, 0.1) is 13.2 Å². The number of hydrogen-bond acceptors (Lipinski definition) is 4. The van der Waals surface area contributed by atoms with E-state index in [0.717, 1.165) is 17.5 Å². The van der Waals surface area contributed by atoms with Gasteiger partial charge in [-0.15, -0.1) is 0 Å². The summed E-state index contributed by atoms with van der Waals surface area (Å²) in [6, 6.07) is 11.8. The lowest BCUT2D eigenvalue weighted by Crippen LogP contribution is -2.48. The Kier molecular flexibility index (Phi) is 4.24. The highest BCUT2D eigenvalue weighted by Crippen LogP contribution is 2.32. The zero-order valence-corrected chi connectivity index (χ0v) is 14.2. The summed E-state index contributed by atoms with van der Waals surface area (Å²) in [5, 5.41) is 9.62. The average Bonchev–Trinajstić information content (AvgIpc) is 2.91. The van der Waals surface area contributed by atoms with Crippen molar-refractivity contribution in [3.05, 3.63) is 59.2 Å². The Balaban J connectivity index is 1.66. The maximum absolute atomic E-state index is 13.1. The number of ether oxygens (including phenoxy) is 2. The third-order valence-electron chi connectivity index (χ3n) is 4.79. The number of nitrogens with zero attached hydrogens (tertiary/aromatic N) is 1. The number of carbonyl (C=O) groups excluding carboxylic acids is 1. The van der Waals surface area contributed by atoms with Crippen LogP contribution in [0.25, 0.3) is 0 Å². The molecule has 134 valence electrons. The molecule has 2 aromatic rings. The van der Waals surface area contributed by atoms with Crippen molar-refractivity contribution < 1.29 is 24.2 Å². The molecular weight excluding hydrogens is 334 g/mol. The number of rotatable bonds is 2. The van der Waals surface area contributed by atoms with Crippen molar-refractivity contribution in [1.29, 1.82) is 0 Å². The molecule has 0 unspecified atom stereocenters. The minimum Gasteiger partial charge on any atom is -0.490 e. The largest absolute Gasteiger partial charge is 0.490 e. The van der Waals surface area contributed by atoms with E-state index in [0.29, 0.717) is 36.7 Å². The number of carboxylic acid groups (broad SMARTS) is 1. The molecule has 4 rings (SSSR count). The fourth-order valence-electron chi connectivity index (χ4n) is 3.42. The molecular formula is C20H19NO5. The summed E-state index contributed by atoms with van der Waals surface area (Å²) < 4.78 is 11.2. The van der Waals surface area contributed by atoms with Gasteiger partial charge in [-0.05, 0) is 29.3 Å². The van der Waals surface area contributed by atoms with Crippen molar-refractivity contribution in [3.63, 3.8) is 0 Å². The number of carboxylic acids is 1. The number of amides is 1. The summed E-state index contributed by atoms with van der Waals surface area (Å²) >= 11 is 0. The number of hydrogen-bond donors (Lipinski definition) is 1. The first-order valence-corrected chi connectivity index (χ1v) is 8.63. The van der Waals surface area contributed by atoms with Gasteiger partial charge < -0.3 is 19.5 Å². The monoisotopic (exact) mass is 353 g/mol. The second-order valence-corrected chi connectivity index (χ2v) is 6.47. The first-order chi connectivity index (χ1) is 12.6. The molecule has 0 saturated heterocycles. The highest BCUT2D eigenvalue weighted by Gasteiger charge is 2.35. The highest BCUT2D eigenvalue weighted by molar-refractivity contribution is 5.97. The van der Waals surface area contributed by atoms with E-state index >= 15 is 0 Å². The van der Waals surface area contributed by atoms with Crippen LogP contribution in [0.15, 0.2) is 42.5 Å². The summed E-state index contributed by atoms with van der Waals surface area (Å²) in [5.74, 6) is -0.180. The fraction of sp³-hybridized carbons (Fsp3) is 0.300. The van der Waals surface area contributed by atoms with Gasteiger partial charge in [0.1, 0.15) is 6.04 Å². The third-order valence-corrected chi connectivity index (χ3v) is 4.79. The molecule has 26 heavy (non-hydrogen) atoms. The maximum Gasteiger partial charge on any atom is 0.326 e. The maximum atomic E-state index is 13.1. The van der Waals surface area contributed by atoms with Gasteiger partial charge in [-0.25, -0.2) is 4.79 Å². The van der Waals surface area contributed by atoms with Crippen LogP contribution in [-0.4, -0.2) is 41.1 Å². The van der Waals surface area contributed by atoms with Crippen LogP contribution in [0.2, 0.25) is 0 Å². The van der Waals surface area contributed by atoms with Gasteiger partial charge in [0.25, 0.3) is 5.91 Å². The standard InChI is InChI=1S/C20H19NO5/c22-19(14-6-7-17-18(11-14)26-9-3-8-25-17)21-12-15-5-2-1-4-13(15)10-16(21)20(23)24/h1-2,4-7,11,16H,3,8-10,12H2,(H,23,24)/t16-/m0/s1. The molecule has 0 aliphatic carbocycles. The first kappa shape index (κ1) is 16.4. The molecule has 0 saturated carbocycles. The second-order valence-electron chi connectivity index (χ2n) is 6.47. The normalized spacial score (nSPS) is 18.6. The molecule has 1 amide bonds. The number of fused-ring (bicyclic) bond motifs is 2. The predicted molar refractivity (Wildman–Crippen MR) is 93.5 cm³/mol. The number of carbonyl (C=O) groups is 2. The Labute approximate surface area is 151 Å². The molecule has 0 fully saturated rings. The lowest BCUT2D eigenvalue weighted by atomic mass is 9.93. The highest BCUT2D eigenvalue weighted by atomic mass is 16.5. The molecule has 6 heteroatoms. The van der Waals surface area contributed by atoms with Crippen molar-refractivity contribution in [1.82, 2.24) is 4.90 Å². The zero-order valence-electron chi connectivity index (χ0n) is 14.2. The Morgan fingerprint density at radius 3 is 2.50 bits per heavy atom. The minimum absolute atomic E-state index is 0.278. The Hall–Kier alpha value is -3.02. The van der Waals surface area contributed by atoms with Crippen LogP contribution < -0.4 is 9.47 Å². The van der Waals surface area contributed by atoms with Crippen LogP contribution >= 0.6 is 0 Å². The Morgan fingerprint density at radius 2 is 1.73 bits per heavy atom. The Morgan fingerprint density at radius 1 is 1.00 bits per heavy atom. The molecule has 1 N–H and O–H groups in total. The first-order valence-electron chi connectivity index (χ1n) is 8.63. The van der Waals surface area contributed by atoms with Gasteiger partial charge in [-0.3, -0.25) is 4.79 Å². The van der Waals surface area contributed by atoms with E-state index in [1.165, 1.54) is 4.90 Å². The van der Waals surface area contributed by atoms with Crippen LogP contribution in [0.5, 0.6) is 11.5 Å². The van der Waals surface area contributed by atoms with Gasteiger partial charge in [-0.1, -0.05) is 24.3 Å². The molecule has 0 spiro atoms. The van der Waals surface area contributed by atoms with Crippen LogP contribution in [0.1, 0.15) is 27.9 Å². The zero-order chi connectivity index (χ0) is 18.1. The molecule has 1 atom stereocenters. The van der Waals surface area contributed by atoms with Gasteiger partial charge >= 0.3 is 5.97 Å². The van der Waals surface area contributed by atoms with Crippen LogP contribution in [0.3, 0.4) is 0 Å². The van der Waals surface area contributed by atoms with Crippen LogP contribution in [0, 0.1) is 0 Å². The van der Waals surface area contributed by atoms with Gasteiger partial charge in [0.15, 0.2) is 11.5 Å². The smallest absolute Gasteiger partial charge is 0.326 e. The van der Waals surface area contributed by atoms with Crippen molar-refractivity contribution in [2.45, 2.75) is 25.4 Å². The van der Waals surface area contributed by atoms with Crippen LogP contribution in [0.4, 0.5) is 0 Å². The van der Waals surface area contributed by atoms with E-state index in [9.17, 15) is 14.7 Å². The molecule has 0 radical (unpaired) electrons. The van der Waals surface area contributed by atoms with Crippen molar-refractivity contribution in [3.8, 4) is 11.5 Å². The van der Waals surface area contributed by atoms with E-state index in [1.54, 1.807) is 18.2 Å². The molecule has 2 aromatic carbocycles. The molecule has 2 aliphatic rings. The third kappa shape index (κ3) is 2.98. The summed E-state index contributed by atoms with van der Waals surface area (Å²) in [7, 11) is 0. The average molecular weight is 353 g/mol. The van der Waals surface area contributed by atoms with Gasteiger partial charge in [0, 0.05) is 24.9 Å². The molecule has 6 nitrogen and oxygen atoms in total. The summed E-state index contributed by atoms with van der Waals surface area (Å²) in [6.07, 6.45) is 1.09. The molecule has 0 aromatic heterocycles. The van der Waals surface area contributed by atoms with E-state index in [1.807, 2.05) is 24.3 Å². The summed E-state index contributed by atoms with van der Waals surface area (Å²) in [6.45, 7) is 1.38. The van der Waals surface area contributed by atoms with Crippen molar-refractivity contribution in [2.24, 2.45) is 0 Å². The van der Waals surface area contributed by atoms with E-state index in [4.69, 9.17) is 9.47 Å². The van der Waals surface area contributed by atoms with Gasteiger partial charge in [-0.2, -0.15) is 0 Å². The quantitative estimate of drug-likeness (QED) is 0.898. The van der Waals surface area contributed by atoms with E-state index in [-0.39, 0.29) is 12.5 Å². The van der Waals surface area contributed by atoms with Crippen LogP contribution in [-0.2, 0) is 17.8 Å². The Bertz CT molecular complexity index is 863. The van der Waals surface area contributed by atoms with E-state index in [2.05, 4.69) is 0 Å². The van der Waals surface area contributed by atoms with Crippen molar-refractivity contribution >= 4 is 11.9 Å². The summed E-state index contributed by atoms with van der Waals surface area (Å²) in [4.78, 5) is 26.2.